The lowest BCUT2D eigenvalue weighted by molar-refractivity contribution is -0.159. The highest BCUT2D eigenvalue weighted by molar-refractivity contribution is 5.98. The Morgan fingerprint density at radius 1 is 0.558 bits per heavy atom. The van der Waals surface area contributed by atoms with Crippen molar-refractivity contribution in [3.63, 3.8) is 0 Å². The summed E-state index contributed by atoms with van der Waals surface area (Å²) in [4.78, 5) is 86.6. The number of carboxylic acid groups (broad SMARTS) is 1. The second-order valence-electron chi connectivity index (χ2n) is 16.8. The Hall–Kier alpha value is -3.34. The van der Waals surface area contributed by atoms with Crippen molar-refractivity contribution in [2.24, 2.45) is 23.5 Å². The minimum absolute atomic E-state index is 0.210. The summed E-state index contributed by atoms with van der Waals surface area (Å²) in [6.45, 7) is 25.2. The number of aliphatic carboxylic acids is 1. The predicted molar refractivity (Wildman–Crippen MR) is 190 cm³/mol. The van der Waals surface area contributed by atoms with Crippen LogP contribution in [0.3, 0.4) is 0 Å². The summed E-state index contributed by atoms with van der Waals surface area (Å²) < 4.78 is 18.0. The van der Waals surface area contributed by atoms with E-state index in [4.69, 9.17) is 19.9 Å². The number of ether oxygens (including phenoxy) is 3. The molecule has 3 fully saturated rings. The summed E-state index contributed by atoms with van der Waals surface area (Å²) >= 11 is 0. The van der Waals surface area contributed by atoms with Crippen LogP contribution < -0.4 is 16.4 Å². The summed E-state index contributed by atoms with van der Waals surface area (Å²) in [5.74, 6) is -5.43. The van der Waals surface area contributed by atoms with E-state index in [1.165, 1.54) is 9.80 Å². The van der Waals surface area contributed by atoms with E-state index in [2.05, 4.69) is 10.6 Å². The smallest absolute Gasteiger partial charge is 0.329 e. The topological polar surface area (TPSA) is 210 Å². The van der Waals surface area contributed by atoms with Gasteiger partial charge in [-0.15, -0.1) is 0 Å². The van der Waals surface area contributed by atoms with E-state index in [1.54, 1.807) is 104 Å². The average Bonchev–Trinajstić information content (AvgIpc) is 3.50. The molecule has 16 heteroatoms. The van der Waals surface area contributed by atoms with Gasteiger partial charge in [-0.1, -0.05) is 41.5 Å². The van der Waals surface area contributed by atoms with E-state index in [1.807, 2.05) is 0 Å². The number of carbonyl (C=O) groups is 6. The number of carbonyl (C=O) groups excluding carboxylic acids is 5. The maximum absolute atomic E-state index is 14.6. The van der Waals surface area contributed by atoms with Crippen molar-refractivity contribution >= 4 is 35.5 Å². The summed E-state index contributed by atoms with van der Waals surface area (Å²) in [5, 5.41) is 15.6. The molecule has 3 heterocycles. The number of amides is 5. The Morgan fingerprint density at radius 2 is 0.846 bits per heavy atom. The van der Waals surface area contributed by atoms with Crippen molar-refractivity contribution < 1.29 is 48.1 Å². The normalized spacial score (nSPS) is 29.7. The molecule has 5 N–H and O–H groups in total. The van der Waals surface area contributed by atoms with Crippen molar-refractivity contribution in [1.29, 1.82) is 0 Å². The number of nitrogens with two attached hydrogens (primary N) is 1. The fourth-order valence-corrected chi connectivity index (χ4v) is 7.79. The van der Waals surface area contributed by atoms with Gasteiger partial charge in [0, 0.05) is 0 Å². The predicted octanol–water partition coefficient (Wildman–Crippen LogP) is 1.39. The van der Waals surface area contributed by atoms with Crippen LogP contribution in [0.1, 0.15) is 104 Å². The van der Waals surface area contributed by atoms with Crippen LogP contribution in [0.4, 0.5) is 0 Å². The minimum Gasteiger partial charge on any atom is -0.480 e. The van der Waals surface area contributed by atoms with Gasteiger partial charge < -0.3 is 35.7 Å². The monoisotopic (exact) mass is 738 g/mol. The molecule has 0 saturated carbocycles. The standard InChI is InChI=1S/C36H62N6O10/c1-16(2)22(37)30(45)40-25(19(7)50-34(40,10)11)28(43)38-23(17(3)4)31(46)41-26(20(8)51-35(41,12)13)29(44)39-24(18(5)6)32(47)42-27(33(48)49)21(9)52-36(42,14)15/h16-27H,37H2,1-15H3,(H,38,43)(H,39,44)(H,48,49)/t19-,20-,21-,22+,23+,24+,25+,26+,27+/m1/s1. The first-order valence-corrected chi connectivity index (χ1v) is 18.2. The van der Waals surface area contributed by atoms with Crippen LogP contribution >= 0.6 is 0 Å². The number of nitrogens with zero attached hydrogens (tertiary/aromatic N) is 3. The molecule has 0 aromatic rings. The third-order valence-corrected chi connectivity index (χ3v) is 10.3. The number of rotatable bonds is 11. The highest BCUT2D eigenvalue weighted by atomic mass is 16.6. The zero-order chi connectivity index (χ0) is 40.2. The SMILES string of the molecule is CC(C)[C@H](N)C(=O)N1[C@H](C(=O)N[C@H](C(=O)N2[C@H](C(=O)N[C@H](C(=O)N3[C@H](C(=O)O)[C@@H](C)OC3(C)C)C(C)C)[C@@H](C)OC2(C)C)C(C)C)[C@@H](C)OC1(C)C. The number of hydrogen-bond donors (Lipinski definition) is 4. The number of carboxylic acids is 1. The van der Waals surface area contributed by atoms with Gasteiger partial charge in [0.1, 0.15) is 41.3 Å². The molecule has 0 aromatic carbocycles. The molecule has 0 bridgehead atoms. The van der Waals surface area contributed by atoms with E-state index >= 15 is 0 Å². The maximum Gasteiger partial charge on any atom is 0.329 e. The van der Waals surface area contributed by atoms with Crippen LogP contribution in [-0.2, 0) is 43.0 Å². The fraction of sp³-hybridized carbons (Fsp3) is 0.833. The second kappa shape index (κ2) is 15.2. The van der Waals surface area contributed by atoms with Gasteiger partial charge in [-0.2, -0.15) is 0 Å². The summed E-state index contributed by atoms with van der Waals surface area (Å²) in [6, 6.07) is -6.85. The molecule has 16 nitrogen and oxygen atoms in total. The van der Waals surface area contributed by atoms with Gasteiger partial charge in [-0.3, -0.25) is 38.7 Å². The van der Waals surface area contributed by atoms with Crippen molar-refractivity contribution in [2.45, 2.75) is 176 Å². The van der Waals surface area contributed by atoms with Crippen LogP contribution in [0.5, 0.6) is 0 Å². The lowest BCUT2D eigenvalue weighted by Gasteiger charge is -2.39. The van der Waals surface area contributed by atoms with Gasteiger partial charge in [-0.05, 0) is 80.1 Å². The molecule has 5 amide bonds. The summed E-state index contributed by atoms with van der Waals surface area (Å²) in [5.41, 5.74) is 2.49. The first kappa shape index (κ1) is 43.1. The minimum atomic E-state index is -1.32. The molecule has 0 aliphatic carbocycles. The van der Waals surface area contributed by atoms with Crippen LogP contribution in [0.2, 0.25) is 0 Å². The molecule has 9 atom stereocenters. The number of nitrogens with one attached hydrogen (secondary N) is 2. The fourth-order valence-electron chi connectivity index (χ4n) is 7.79. The van der Waals surface area contributed by atoms with Gasteiger partial charge in [-0.25, -0.2) is 4.79 Å². The van der Waals surface area contributed by atoms with Crippen LogP contribution in [0.15, 0.2) is 0 Å². The van der Waals surface area contributed by atoms with E-state index in [9.17, 15) is 33.9 Å². The average molecular weight is 739 g/mol. The van der Waals surface area contributed by atoms with Crippen molar-refractivity contribution in [3.8, 4) is 0 Å². The Labute approximate surface area is 307 Å². The van der Waals surface area contributed by atoms with E-state index in [-0.39, 0.29) is 5.92 Å². The molecule has 296 valence electrons. The summed E-state index contributed by atoms with van der Waals surface area (Å²) in [7, 11) is 0. The zero-order valence-electron chi connectivity index (χ0n) is 33.5. The van der Waals surface area contributed by atoms with Crippen LogP contribution in [0.25, 0.3) is 0 Å². The largest absolute Gasteiger partial charge is 0.480 e. The molecule has 3 aliphatic heterocycles. The number of hydrogen-bond acceptors (Lipinski definition) is 10. The lowest BCUT2D eigenvalue weighted by Crippen LogP contribution is -2.65. The highest BCUT2D eigenvalue weighted by Gasteiger charge is 2.57. The zero-order valence-corrected chi connectivity index (χ0v) is 33.5. The first-order valence-electron chi connectivity index (χ1n) is 18.2. The molecule has 3 rings (SSSR count). The van der Waals surface area contributed by atoms with Crippen molar-refractivity contribution in [2.75, 3.05) is 0 Å². The van der Waals surface area contributed by atoms with Crippen molar-refractivity contribution in [1.82, 2.24) is 25.3 Å². The summed E-state index contributed by atoms with van der Waals surface area (Å²) in [6.07, 6.45) is -2.37. The molecule has 3 saturated heterocycles. The molecule has 52 heavy (non-hydrogen) atoms. The van der Waals surface area contributed by atoms with Gasteiger partial charge in [0.15, 0.2) is 6.04 Å². The van der Waals surface area contributed by atoms with Gasteiger partial charge in [0.05, 0.1) is 24.4 Å². The Morgan fingerprint density at radius 3 is 1.13 bits per heavy atom. The first-order chi connectivity index (χ1) is 23.6. The van der Waals surface area contributed by atoms with E-state index in [0.717, 1.165) is 4.90 Å². The van der Waals surface area contributed by atoms with Gasteiger partial charge >= 0.3 is 5.97 Å². The van der Waals surface area contributed by atoms with Crippen molar-refractivity contribution in [3.05, 3.63) is 0 Å². The van der Waals surface area contributed by atoms with E-state index < -0.39 is 119 Å². The highest BCUT2D eigenvalue weighted by Crippen LogP contribution is 2.37. The maximum atomic E-state index is 14.6. The molecule has 0 aromatic heterocycles. The lowest BCUT2D eigenvalue weighted by atomic mass is 9.97. The van der Waals surface area contributed by atoms with Gasteiger partial charge in [0.25, 0.3) is 0 Å². The molecular formula is C36H62N6O10. The molecular weight excluding hydrogens is 676 g/mol. The second-order valence-corrected chi connectivity index (χ2v) is 16.8. The van der Waals surface area contributed by atoms with Crippen LogP contribution in [0, 0.1) is 17.8 Å². The quantitative estimate of drug-likeness (QED) is 0.238. The Bertz CT molecular complexity index is 1410. The molecule has 0 radical (unpaired) electrons. The van der Waals surface area contributed by atoms with Crippen LogP contribution in [-0.4, -0.2) is 127 Å². The van der Waals surface area contributed by atoms with Gasteiger partial charge in [0.2, 0.25) is 29.5 Å². The van der Waals surface area contributed by atoms with E-state index in [0.29, 0.717) is 0 Å². The molecule has 3 aliphatic rings. The molecule has 0 spiro atoms. The Kier molecular flexibility index (Phi) is 12.6. The Balaban J connectivity index is 1.95. The third kappa shape index (κ3) is 8.09. The third-order valence-electron chi connectivity index (χ3n) is 10.3. The molecule has 0 unspecified atom stereocenters.